The molecule has 4 heteroatoms. The molecule has 3 nitrogen and oxygen atoms in total. The number of aryl methyl sites for hydroxylation is 3. The molecule has 1 N–H and O–H groups in total. The summed E-state index contributed by atoms with van der Waals surface area (Å²) in [5, 5.41) is 7.70. The number of halogens is 1. The molecule has 0 aliphatic heterocycles. The van der Waals surface area contributed by atoms with Crippen LogP contribution in [0.15, 0.2) is 28.9 Å². The van der Waals surface area contributed by atoms with Gasteiger partial charge in [-0.15, -0.1) is 0 Å². The van der Waals surface area contributed by atoms with E-state index in [2.05, 4.69) is 51.5 Å². The molecule has 0 saturated heterocycles. The molecule has 0 spiro atoms. The fourth-order valence-electron chi connectivity index (χ4n) is 1.79. The van der Waals surface area contributed by atoms with Gasteiger partial charge in [-0.1, -0.05) is 28.1 Å². The third-order valence-electron chi connectivity index (χ3n) is 2.72. The van der Waals surface area contributed by atoms with Crippen molar-refractivity contribution >= 4 is 21.6 Å². The van der Waals surface area contributed by atoms with Gasteiger partial charge in [-0.2, -0.15) is 5.10 Å². The lowest BCUT2D eigenvalue weighted by Crippen LogP contribution is -2.00. The van der Waals surface area contributed by atoms with Crippen LogP contribution in [0.1, 0.15) is 16.8 Å². The van der Waals surface area contributed by atoms with Crippen LogP contribution >= 0.6 is 15.9 Å². The van der Waals surface area contributed by atoms with E-state index in [4.69, 9.17) is 0 Å². The second kappa shape index (κ2) is 4.92. The maximum Gasteiger partial charge on any atom is 0.0825 e. The van der Waals surface area contributed by atoms with Crippen LogP contribution in [-0.2, 0) is 13.6 Å². The zero-order valence-corrected chi connectivity index (χ0v) is 11.9. The topological polar surface area (TPSA) is 29.9 Å². The number of nitrogens with one attached hydrogen (secondary N) is 1. The summed E-state index contributed by atoms with van der Waals surface area (Å²) < 4.78 is 2.98. The minimum absolute atomic E-state index is 0.820. The number of hydrogen-bond donors (Lipinski definition) is 1. The van der Waals surface area contributed by atoms with Crippen LogP contribution < -0.4 is 5.32 Å². The number of nitrogens with zero attached hydrogens (tertiary/aromatic N) is 2. The largest absolute Gasteiger partial charge is 0.378 e. The lowest BCUT2D eigenvalue weighted by Gasteiger charge is -2.06. The summed E-state index contributed by atoms with van der Waals surface area (Å²) in [7, 11) is 1.93. The fourth-order valence-corrected chi connectivity index (χ4v) is 2.03. The molecule has 90 valence electrons. The lowest BCUT2D eigenvalue weighted by molar-refractivity contribution is 0.756. The van der Waals surface area contributed by atoms with Crippen LogP contribution in [-0.4, -0.2) is 9.78 Å². The SMILES string of the molecule is Cc1cc(CNc2cn(C)nc2C)ccc1Br. The Kier molecular flexibility index (Phi) is 3.52. The second-order valence-corrected chi connectivity index (χ2v) is 5.09. The van der Waals surface area contributed by atoms with Crippen LogP contribution in [0.5, 0.6) is 0 Å². The van der Waals surface area contributed by atoms with Gasteiger partial charge in [0.25, 0.3) is 0 Å². The van der Waals surface area contributed by atoms with E-state index in [9.17, 15) is 0 Å². The van der Waals surface area contributed by atoms with E-state index in [1.54, 1.807) is 0 Å². The molecule has 1 aromatic carbocycles. The van der Waals surface area contributed by atoms with E-state index in [-0.39, 0.29) is 0 Å². The van der Waals surface area contributed by atoms with E-state index in [1.807, 2.05) is 24.9 Å². The van der Waals surface area contributed by atoms with Crippen LogP contribution in [0.2, 0.25) is 0 Å². The highest BCUT2D eigenvalue weighted by Crippen LogP contribution is 2.18. The highest BCUT2D eigenvalue weighted by atomic mass is 79.9. The van der Waals surface area contributed by atoms with Crippen LogP contribution in [0.4, 0.5) is 5.69 Å². The van der Waals surface area contributed by atoms with Gasteiger partial charge in [0, 0.05) is 24.3 Å². The summed E-state index contributed by atoms with van der Waals surface area (Å²) >= 11 is 3.51. The molecule has 1 heterocycles. The van der Waals surface area contributed by atoms with Crippen molar-refractivity contribution in [2.75, 3.05) is 5.32 Å². The Hall–Kier alpha value is -1.29. The standard InChI is InChI=1S/C13H16BrN3/c1-9-6-11(4-5-12(9)14)7-15-13-8-17(3)16-10(13)2/h4-6,8,15H,7H2,1-3H3. The molecule has 0 aliphatic carbocycles. The summed E-state index contributed by atoms with van der Waals surface area (Å²) in [6.07, 6.45) is 2.00. The van der Waals surface area contributed by atoms with Crippen molar-refractivity contribution in [3.05, 3.63) is 45.7 Å². The molecular weight excluding hydrogens is 278 g/mol. The fraction of sp³-hybridized carbons (Fsp3) is 0.308. The summed E-state index contributed by atoms with van der Waals surface area (Å²) in [6.45, 7) is 4.93. The quantitative estimate of drug-likeness (QED) is 0.940. The molecule has 17 heavy (non-hydrogen) atoms. The third-order valence-corrected chi connectivity index (χ3v) is 3.61. The molecule has 0 saturated carbocycles. The first-order chi connectivity index (χ1) is 8.06. The molecule has 0 radical (unpaired) electrons. The van der Waals surface area contributed by atoms with Crippen LogP contribution in [0, 0.1) is 13.8 Å². The number of anilines is 1. The van der Waals surface area contributed by atoms with Crippen LogP contribution in [0.25, 0.3) is 0 Å². The second-order valence-electron chi connectivity index (χ2n) is 4.24. The Balaban J connectivity index is 2.07. The van der Waals surface area contributed by atoms with Crippen molar-refractivity contribution in [2.45, 2.75) is 20.4 Å². The Morgan fingerprint density at radius 1 is 1.35 bits per heavy atom. The molecule has 0 unspecified atom stereocenters. The van der Waals surface area contributed by atoms with E-state index in [0.717, 1.165) is 22.4 Å². The van der Waals surface area contributed by atoms with E-state index < -0.39 is 0 Å². The first-order valence-electron chi connectivity index (χ1n) is 5.55. The van der Waals surface area contributed by atoms with Gasteiger partial charge in [0.2, 0.25) is 0 Å². The zero-order valence-electron chi connectivity index (χ0n) is 10.3. The van der Waals surface area contributed by atoms with Crippen molar-refractivity contribution < 1.29 is 0 Å². The molecule has 2 rings (SSSR count). The first-order valence-corrected chi connectivity index (χ1v) is 6.34. The molecular formula is C13H16BrN3. The maximum atomic E-state index is 4.30. The van der Waals surface area contributed by atoms with Crippen molar-refractivity contribution in [3.8, 4) is 0 Å². The number of hydrogen-bond acceptors (Lipinski definition) is 2. The molecule has 2 aromatic rings. The van der Waals surface area contributed by atoms with Gasteiger partial charge < -0.3 is 5.32 Å². The third kappa shape index (κ3) is 2.88. The van der Waals surface area contributed by atoms with Crippen molar-refractivity contribution in [3.63, 3.8) is 0 Å². The van der Waals surface area contributed by atoms with Gasteiger partial charge >= 0.3 is 0 Å². The lowest BCUT2D eigenvalue weighted by atomic mass is 10.1. The highest BCUT2D eigenvalue weighted by Gasteiger charge is 2.03. The van der Waals surface area contributed by atoms with Crippen molar-refractivity contribution in [2.24, 2.45) is 7.05 Å². The van der Waals surface area contributed by atoms with Gasteiger partial charge in [0.1, 0.15) is 0 Å². The van der Waals surface area contributed by atoms with E-state index in [0.29, 0.717) is 0 Å². The molecule has 0 amide bonds. The Bertz CT molecular complexity index is 531. The maximum absolute atomic E-state index is 4.30. The normalized spacial score (nSPS) is 10.6. The highest BCUT2D eigenvalue weighted by molar-refractivity contribution is 9.10. The average molecular weight is 294 g/mol. The Labute approximate surface area is 110 Å². The molecule has 1 aromatic heterocycles. The van der Waals surface area contributed by atoms with Gasteiger partial charge in [-0.05, 0) is 31.0 Å². The summed E-state index contributed by atoms with van der Waals surface area (Å²) in [6, 6.07) is 6.39. The predicted octanol–water partition coefficient (Wildman–Crippen LogP) is 3.41. The zero-order chi connectivity index (χ0) is 12.4. The monoisotopic (exact) mass is 293 g/mol. The molecule has 0 aliphatic rings. The summed E-state index contributed by atoms with van der Waals surface area (Å²) in [4.78, 5) is 0. The number of aromatic nitrogens is 2. The smallest absolute Gasteiger partial charge is 0.0825 e. The molecule has 0 bridgehead atoms. The van der Waals surface area contributed by atoms with Crippen LogP contribution in [0.3, 0.4) is 0 Å². The minimum atomic E-state index is 0.820. The Morgan fingerprint density at radius 3 is 2.71 bits per heavy atom. The molecule has 0 fully saturated rings. The van der Waals surface area contributed by atoms with Gasteiger partial charge in [-0.3, -0.25) is 4.68 Å². The number of rotatable bonds is 3. The summed E-state index contributed by atoms with van der Waals surface area (Å²) in [5.74, 6) is 0. The van der Waals surface area contributed by atoms with E-state index >= 15 is 0 Å². The number of benzene rings is 1. The van der Waals surface area contributed by atoms with E-state index in [1.165, 1.54) is 11.1 Å². The van der Waals surface area contributed by atoms with Gasteiger partial charge in [0.05, 0.1) is 11.4 Å². The van der Waals surface area contributed by atoms with Crippen molar-refractivity contribution in [1.82, 2.24) is 9.78 Å². The first kappa shape index (κ1) is 12.2. The van der Waals surface area contributed by atoms with Gasteiger partial charge in [0.15, 0.2) is 0 Å². The predicted molar refractivity (Wildman–Crippen MR) is 74.2 cm³/mol. The van der Waals surface area contributed by atoms with Crippen molar-refractivity contribution in [1.29, 1.82) is 0 Å². The summed E-state index contributed by atoms with van der Waals surface area (Å²) in [5.41, 5.74) is 4.65. The average Bonchev–Trinajstić information content (AvgIpc) is 2.59. The molecule has 0 atom stereocenters. The minimum Gasteiger partial charge on any atom is -0.378 e. The van der Waals surface area contributed by atoms with Gasteiger partial charge in [-0.25, -0.2) is 0 Å². The Morgan fingerprint density at radius 2 is 2.12 bits per heavy atom.